The molecule has 0 radical (unpaired) electrons. The molecule has 6 heteroatoms. The molecule has 2 aliphatic heterocycles. The fourth-order valence-electron chi connectivity index (χ4n) is 5.69. The van der Waals surface area contributed by atoms with Gasteiger partial charge in [0.15, 0.2) is 0 Å². The maximum atomic E-state index is 12.3. The number of aromatic nitrogens is 2. The molecular weight excluding hydrogens is 362 g/mol. The third-order valence-electron chi connectivity index (χ3n) is 7.31. The predicted molar refractivity (Wildman–Crippen MR) is 116 cm³/mol. The van der Waals surface area contributed by atoms with E-state index in [1.54, 1.807) is 0 Å². The van der Waals surface area contributed by atoms with Gasteiger partial charge in [0.1, 0.15) is 5.78 Å². The van der Waals surface area contributed by atoms with Gasteiger partial charge in [0.25, 0.3) is 0 Å². The van der Waals surface area contributed by atoms with Crippen molar-refractivity contribution in [1.82, 2.24) is 19.8 Å². The molecule has 0 aromatic carbocycles. The first-order valence-corrected chi connectivity index (χ1v) is 11.4. The van der Waals surface area contributed by atoms with Crippen molar-refractivity contribution in [2.75, 3.05) is 32.1 Å². The molecule has 3 heterocycles. The van der Waals surface area contributed by atoms with Gasteiger partial charge >= 0.3 is 0 Å². The Morgan fingerprint density at radius 3 is 2.21 bits per heavy atom. The van der Waals surface area contributed by atoms with Crippen LogP contribution in [0.25, 0.3) is 0 Å². The van der Waals surface area contributed by atoms with Crippen molar-refractivity contribution in [3.05, 3.63) is 18.0 Å². The lowest BCUT2D eigenvalue weighted by atomic mass is 9.80. The van der Waals surface area contributed by atoms with Crippen molar-refractivity contribution in [3.63, 3.8) is 0 Å². The van der Waals surface area contributed by atoms with Crippen LogP contribution in [-0.4, -0.2) is 70.9 Å². The first-order valence-electron chi connectivity index (χ1n) is 11.4. The van der Waals surface area contributed by atoms with Crippen LogP contribution >= 0.6 is 0 Å². The number of rotatable bonds is 6. The number of fused-ring (bicyclic) bond motifs is 2. The number of nitrogens with zero attached hydrogens (tertiary/aromatic N) is 5. The molecule has 1 aromatic rings. The number of carbonyl (C=O) groups is 1. The second-order valence-corrected chi connectivity index (χ2v) is 9.88. The molecule has 2 saturated heterocycles. The second kappa shape index (κ2) is 8.68. The highest BCUT2D eigenvalue weighted by Gasteiger charge is 2.40. The van der Waals surface area contributed by atoms with Crippen LogP contribution in [0.4, 0.5) is 5.95 Å². The Morgan fingerprint density at radius 2 is 1.66 bits per heavy atom. The average Bonchev–Trinajstić information content (AvgIpc) is 2.99. The molecule has 4 rings (SSSR count). The minimum absolute atomic E-state index is 0.167. The zero-order valence-corrected chi connectivity index (χ0v) is 18.5. The Kier molecular flexibility index (Phi) is 6.21. The lowest BCUT2D eigenvalue weighted by Gasteiger charge is -2.39. The number of ketones is 1. The number of hydrogen-bond acceptors (Lipinski definition) is 6. The average molecular weight is 400 g/mol. The van der Waals surface area contributed by atoms with E-state index in [-0.39, 0.29) is 11.8 Å². The Hall–Kier alpha value is -1.53. The summed E-state index contributed by atoms with van der Waals surface area (Å²) in [5, 5.41) is 0. The zero-order chi connectivity index (χ0) is 20.5. The van der Waals surface area contributed by atoms with E-state index in [0.717, 1.165) is 51.3 Å². The van der Waals surface area contributed by atoms with Gasteiger partial charge in [-0.25, -0.2) is 9.97 Å². The molecule has 2 atom stereocenters. The highest BCUT2D eigenvalue weighted by atomic mass is 16.1. The molecule has 1 saturated carbocycles. The third kappa shape index (κ3) is 4.48. The molecule has 1 aromatic heterocycles. The van der Waals surface area contributed by atoms with Crippen molar-refractivity contribution in [2.45, 2.75) is 77.0 Å². The second-order valence-electron chi connectivity index (χ2n) is 9.88. The summed E-state index contributed by atoms with van der Waals surface area (Å²) in [6, 6.07) is 1.69. The fourth-order valence-corrected chi connectivity index (χ4v) is 5.69. The molecule has 0 amide bonds. The largest absolute Gasteiger partial charge is 0.332 e. The Labute approximate surface area is 175 Å². The minimum Gasteiger partial charge on any atom is -0.332 e. The van der Waals surface area contributed by atoms with Crippen molar-refractivity contribution in [1.29, 1.82) is 0 Å². The number of piperazine rings is 1. The number of anilines is 1. The maximum Gasteiger partial charge on any atom is 0.225 e. The van der Waals surface area contributed by atoms with Gasteiger partial charge < -0.3 is 9.80 Å². The summed E-state index contributed by atoms with van der Waals surface area (Å²) in [6.07, 6.45) is 10.8. The first-order chi connectivity index (χ1) is 13.9. The normalized spacial score (nSPS) is 30.3. The lowest BCUT2D eigenvalue weighted by Crippen LogP contribution is -2.53. The van der Waals surface area contributed by atoms with Gasteiger partial charge in [-0.15, -0.1) is 0 Å². The number of Topliss-reactive ketones (excluding diaryl/α,β-unsaturated/α-hetero) is 1. The van der Waals surface area contributed by atoms with E-state index in [1.807, 2.05) is 26.2 Å². The Morgan fingerprint density at radius 1 is 1.07 bits per heavy atom. The van der Waals surface area contributed by atoms with Crippen LogP contribution in [0.1, 0.15) is 57.9 Å². The Bertz CT molecular complexity index is 684. The summed E-state index contributed by atoms with van der Waals surface area (Å²) in [4.78, 5) is 29.1. The molecule has 160 valence electrons. The van der Waals surface area contributed by atoms with Crippen molar-refractivity contribution >= 4 is 11.7 Å². The maximum absolute atomic E-state index is 12.3. The quantitative estimate of drug-likeness (QED) is 0.733. The smallest absolute Gasteiger partial charge is 0.225 e. The highest BCUT2D eigenvalue weighted by molar-refractivity contribution is 5.82. The molecule has 0 spiro atoms. The standard InChI is InChI=1S/C23H37N5O/c1-16(2)22(29)18-5-7-19(8-6-18)27(4)13-17-11-24-23(25-12-17)28-20-9-10-21(28)15-26(3)14-20/h11-12,16,18-21H,5-10,13-15H2,1-4H3. The van der Waals surface area contributed by atoms with Gasteiger partial charge in [-0.05, 0) is 52.6 Å². The highest BCUT2D eigenvalue weighted by Crippen LogP contribution is 2.33. The molecule has 6 nitrogen and oxygen atoms in total. The van der Waals surface area contributed by atoms with Crippen LogP contribution in [0.5, 0.6) is 0 Å². The van der Waals surface area contributed by atoms with E-state index in [0.29, 0.717) is 23.9 Å². The van der Waals surface area contributed by atoms with Gasteiger partial charge in [-0.2, -0.15) is 0 Å². The van der Waals surface area contributed by atoms with E-state index in [9.17, 15) is 4.79 Å². The number of likely N-dealkylation sites (tertiary alicyclic amines) is 1. The lowest BCUT2D eigenvalue weighted by molar-refractivity contribution is -0.127. The number of likely N-dealkylation sites (N-methyl/N-ethyl adjacent to an activating group) is 1. The Balaban J connectivity index is 1.31. The monoisotopic (exact) mass is 399 g/mol. The number of hydrogen-bond donors (Lipinski definition) is 0. The van der Waals surface area contributed by atoms with Crippen molar-refractivity contribution < 1.29 is 4.79 Å². The van der Waals surface area contributed by atoms with Gasteiger partial charge in [0.05, 0.1) is 0 Å². The molecule has 29 heavy (non-hydrogen) atoms. The van der Waals surface area contributed by atoms with E-state index in [2.05, 4.69) is 28.8 Å². The van der Waals surface area contributed by atoms with E-state index in [1.165, 1.54) is 18.4 Å². The zero-order valence-electron chi connectivity index (χ0n) is 18.5. The van der Waals surface area contributed by atoms with E-state index >= 15 is 0 Å². The van der Waals surface area contributed by atoms with Gasteiger partial charge in [0, 0.05) is 67.6 Å². The molecule has 0 N–H and O–H groups in total. The summed E-state index contributed by atoms with van der Waals surface area (Å²) < 4.78 is 0. The van der Waals surface area contributed by atoms with Crippen LogP contribution in [0.2, 0.25) is 0 Å². The molecule has 1 aliphatic carbocycles. The summed E-state index contributed by atoms with van der Waals surface area (Å²) >= 11 is 0. The summed E-state index contributed by atoms with van der Waals surface area (Å²) in [6.45, 7) is 7.16. The van der Waals surface area contributed by atoms with Gasteiger partial charge in [0.2, 0.25) is 5.95 Å². The van der Waals surface area contributed by atoms with Crippen LogP contribution in [0, 0.1) is 11.8 Å². The molecule has 2 bridgehead atoms. The summed E-state index contributed by atoms with van der Waals surface area (Å²) in [7, 11) is 4.42. The summed E-state index contributed by atoms with van der Waals surface area (Å²) in [5.41, 5.74) is 1.18. The molecule has 2 unspecified atom stereocenters. The molecule has 3 fully saturated rings. The molecule has 3 aliphatic rings. The predicted octanol–water partition coefficient (Wildman–Crippen LogP) is 2.98. The van der Waals surface area contributed by atoms with Crippen LogP contribution < -0.4 is 4.90 Å². The van der Waals surface area contributed by atoms with E-state index < -0.39 is 0 Å². The third-order valence-corrected chi connectivity index (χ3v) is 7.31. The first kappa shape index (κ1) is 20.7. The van der Waals surface area contributed by atoms with Crippen molar-refractivity contribution in [3.8, 4) is 0 Å². The SMILES string of the molecule is CC(C)C(=O)C1CCC(N(C)Cc2cnc(N3C4CCC3CN(C)C4)nc2)CC1. The minimum atomic E-state index is 0.167. The van der Waals surface area contributed by atoms with Crippen LogP contribution in [0.3, 0.4) is 0 Å². The van der Waals surface area contributed by atoms with E-state index in [4.69, 9.17) is 9.97 Å². The van der Waals surface area contributed by atoms with Crippen LogP contribution in [0.15, 0.2) is 12.4 Å². The topological polar surface area (TPSA) is 52.6 Å². The number of carbonyl (C=O) groups excluding carboxylic acids is 1. The fraction of sp³-hybridized carbons (Fsp3) is 0.783. The van der Waals surface area contributed by atoms with Crippen LogP contribution in [-0.2, 0) is 11.3 Å². The van der Waals surface area contributed by atoms with Gasteiger partial charge in [-0.1, -0.05) is 13.8 Å². The molecular formula is C23H37N5O. The van der Waals surface area contributed by atoms with Crippen molar-refractivity contribution in [2.24, 2.45) is 11.8 Å². The van der Waals surface area contributed by atoms with Gasteiger partial charge in [-0.3, -0.25) is 9.69 Å². The summed E-state index contributed by atoms with van der Waals surface area (Å²) in [5.74, 6) is 1.80.